The van der Waals surface area contributed by atoms with Gasteiger partial charge in [0.1, 0.15) is 0 Å². The first-order valence-electron chi connectivity index (χ1n) is 6.17. The zero-order valence-electron chi connectivity index (χ0n) is 10.6. The van der Waals surface area contributed by atoms with Crippen molar-refractivity contribution in [2.75, 3.05) is 23.9 Å². The molecule has 3 heteroatoms. The Morgan fingerprint density at radius 3 is 2.24 bits per heavy atom. The Kier molecular flexibility index (Phi) is 6.06. The highest BCUT2D eigenvalue weighted by Crippen LogP contribution is 2.16. The fourth-order valence-electron chi connectivity index (χ4n) is 1.82. The van der Waals surface area contributed by atoms with Crippen molar-refractivity contribution in [2.24, 2.45) is 0 Å². The standard InChI is InChI=1S/C14H20ClNO/c1-3-16(4-2)13-9-7-12(8-10-13)14(17)6-5-11-15/h7-10H,3-6,11H2,1-2H3. The number of carbonyl (C=O) groups excluding carboxylic acids is 1. The molecule has 0 amide bonds. The highest BCUT2D eigenvalue weighted by Gasteiger charge is 2.06. The van der Waals surface area contributed by atoms with Crippen molar-refractivity contribution in [3.8, 4) is 0 Å². The van der Waals surface area contributed by atoms with E-state index in [1.54, 1.807) is 0 Å². The van der Waals surface area contributed by atoms with Crippen LogP contribution in [0.25, 0.3) is 0 Å². The number of alkyl halides is 1. The lowest BCUT2D eigenvalue weighted by Crippen LogP contribution is -2.21. The molecule has 0 fully saturated rings. The molecular weight excluding hydrogens is 234 g/mol. The van der Waals surface area contributed by atoms with E-state index in [0.29, 0.717) is 12.3 Å². The molecule has 0 radical (unpaired) electrons. The third-order valence-electron chi connectivity index (χ3n) is 2.86. The molecule has 1 aromatic carbocycles. The zero-order valence-corrected chi connectivity index (χ0v) is 11.3. The van der Waals surface area contributed by atoms with Crippen LogP contribution in [0.15, 0.2) is 24.3 Å². The van der Waals surface area contributed by atoms with Crippen molar-refractivity contribution >= 4 is 23.1 Å². The molecule has 0 aliphatic rings. The van der Waals surface area contributed by atoms with Gasteiger partial charge in [0.05, 0.1) is 0 Å². The van der Waals surface area contributed by atoms with E-state index in [1.807, 2.05) is 24.3 Å². The summed E-state index contributed by atoms with van der Waals surface area (Å²) in [6.07, 6.45) is 1.28. The van der Waals surface area contributed by atoms with Crippen LogP contribution in [0.2, 0.25) is 0 Å². The van der Waals surface area contributed by atoms with E-state index in [1.165, 1.54) is 5.69 Å². The van der Waals surface area contributed by atoms with Crippen molar-refractivity contribution in [1.82, 2.24) is 0 Å². The third kappa shape index (κ3) is 4.04. The number of rotatable bonds is 7. The summed E-state index contributed by atoms with van der Waals surface area (Å²) in [5, 5.41) is 0. The highest BCUT2D eigenvalue weighted by molar-refractivity contribution is 6.18. The number of anilines is 1. The van der Waals surface area contributed by atoms with Gasteiger partial charge in [-0.25, -0.2) is 0 Å². The monoisotopic (exact) mass is 253 g/mol. The number of hydrogen-bond donors (Lipinski definition) is 0. The molecule has 0 atom stereocenters. The Bertz CT molecular complexity index is 344. The van der Waals surface area contributed by atoms with Crippen molar-refractivity contribution in [3.63, 3.8) is 0 Å². The van der Waals surface area contributed by atoms with E-state index >= 15 is 0 Å². The van der Waals surface area contributed by atoms with E-state index in [4.69, 9.17) is 11.6 Å². The lowest BCUT2D eigenvalue weighted by Gasteiger charge is -2.20. The summed E-state index contributed by atoms with van der Waals surface area (Å²) >= 11 is 5.58. The topological polar surface area (TPSA) is 20.3 Å². The molecule has 1 aromatic rings. The minimum absolute atomic E-state index is 0.178. The number of carbonyl (C=O) groups is 1. The molecule has 0 bridgehead atoms. The van der Waals surface area contributed by atoms with E-state index < -0.39 is 0 Å². The molecule has 0 aliphatic carbocycles. The Labute approximate surface area is 109 Å². The molecule has 17 heavy (non-hydrogen) atoms. The third-order valence-corrected chi connectivity index (χ3v) is 3.12. The summed E-state index contributed by atoms with van der Waals surface area (Å²) in [4.78, 5) is 14.0. The number of nitrogens with zero attached hydrogens (tertiary/aromatic N) is 1. The summed E-state index contributed by atoms with van der Waals surface area (Å²) in [5.74, 6) is 0.722. The summed E-state index contributed by atoms with van der Waals surface area (Å²) in [6, 6.07) is 7.84. The van der Waals surface area contributed by atoms with Gasteiger partial charge in [-0.05, 0) is 44.5 Å². The quantitative estimate of drug-likeness (QED) is 0.545. The molecule has 2 nitrogen and oxygen atoms in total. The van der Waals surface area contributed by atoms with Crippen LogP contribution in [0.3, 0.4) is 0 Å². The normalized spacial score (nSPS) is 10.3. The van der Waals surface area contributed by atoms with Crippen molar-refractivity contribution < 1.29 is 4.79 Å². The van der Waals surface area contributed by atoms with Crippen molar-refractivity contribution in [3.05, 3.63) is 29.8 Å². The Balaban J connectivity index is 2.70. The molecule has 0 N–H and O–H groups in total. The first kappa shape index (κ1) is 14.0. The Morgan fingerprint density at radius 1 is 1.18 bits per heavy atom. The molecular formula is C14H20ClNO. The number of halogens is 1. The summed E-state index contributed by atoms with van der Waals surface area (Å²) < 4.78 is 0. The summed E-state index contributed by atoms with van der Waals surface area (Å²) in [7, 11) is 0. The molecule has 0 spiro atoms. The van der Waals surface area contributed by atoms with Crippen LogP contribution in [-0.2, 0) is 0 Å². The van der Waals surface area contributed by atoms with Gasteiger partial charge in [0.25, 0.3) is 0 Å². The predicted molar refractivity (Wildman–Crippen MR) is 74.3 cm³/mol. The molecule has 0 aromatic heterocycles. The van der Waals surface area contributed by atoms with Gasteiger partial charge in [-0.1, -0.05) is 0 Å². The maximum Gasteiger partial charge on any atom is 0.162 e. The molecule has 1 rings (SSSR count). The van der Waals surface area contributed by atoms with E-state index in [2.05, 4.69) is 18.7 Å². The molecule has 0 aliphatic heterocycles. The van der Waals surface area contributed by atoms with Gasteiger partial charge in [-0.15, -0.1) is 11.6 Å². The molecule has 0 saturated heterocycles. The fraction of sp³-hybridized carbons (Fsp3) is 0.500. The average Bonchev–Trinajstić information content (AvgIpc) is 2.38. The predicted octanol–water partition coefficient (Wildman–Crippen LogP) is 3.73. The van der Waals surface area contributed by atoms with Gasteiger partial charge >= 0.3 is 0 Å². The van der Waals surface area contributed by atoms with E-state index in [0.717, 1.165) is 25.1 Å². The SMILES string of the molecule is CCN(CC)c1ccc(C(=O)CCCCl)cc1. The summed E-state index contributed by atoms with van der Waals surface area (Å²) in [5.41, 5.74) is 1.95. The van der Waals surface area contributed by atoms with Crippen molar-refractivity contribution in [2.45, 2.75) is 26.7 Å². The lowest BCUT2D eigenvalue weighted by molar-refractivity contribution is 0.0982. The number of hydrogen-bond acceptors (Lipinski definition) is 2. The second-order valence-corrected chi connectivity index (χ2v) is 4.31. The van der Waals surface area contributed by atoms with Crippen LogP contribution in [0.1, 0.15) is 37.0 Å². The lowest BCUT2D eigenvalue weighted by atomic mass is 10.1. The largest absolute Gasteiger partial charge is 0.372 e. The van der Waals surface area contributed by atoms with Gasteiger partial charge in [0, 0.05) is 36.6 Å². The highest BCUT2D eigenvalue weighted by atomic mass is 35.5. The van der Waals surface area contributed by atoms with Crippen LogP contribution in [-0.4, -0.2) is 24.8 Å². The van der Waals surface area contributed by atoms with Gasteiger partial charge in [0.2, 0.25) is 0 Å². The van der Waals surface area contributed by atoms with Crippen LogP contribution in [0, 0.1) is 0 Å². The first-order chi connectivity index (χ1) is 8.22. The van der Waals surface area contributed by atoms with Crippen LogP contribution >= 0.6 is 11.6 Å². The molecule has 94 valence electrons. The Morgan fingerprint density at radius 2 is 1.76 bits per heavy atom. The molecule has 0 saturated carbocycles. The minimum Gasteiger partial charge on any atom is -0.372 e. The summed E-state index contributed by atoms with van der Waals surface area (Å²) in [6.45, 7) is 6.22. The van der Waals surface area contributed by atoms with E-state index in [-0.39, 0.29) is 5.78 Å². The molecule has 0 heterocycles. The number of Topliss-reactive ketones (excluding diaryl/α,β-unsaturated/α-hetero) is 1. The maximum atomic E-state index is 11.8. The van der Waals surface area contributed by atoms with Crippen LogP contribution in [0.4, 0.5) is 5.69 Å². The smallest absolute Gasteiger partial charge is 0.162 e. The van der Waals surface area contributed by atoms with Gasteiger partial charge < -0.3 is 4.90 Å². The zero-order chi connectivity index (χ0) is 12.7. The number of benzene rings is 1. The van der Waals surface area contributed by atoms with Gasteiger partial charge in [-0.3, -0.25) is 4.79 Å². The van der Waals surface area contributed by atoms with E-state index in [9.17, 15) is 4.79 Å². The van der Waals surface area contributed by atoms with Gasteiger partial charge in [-0.2, -0.15) is 0 Å². The van der Waals surface area contributed by atoms with Crippen LogP contribution in [0.5, 0.6) is 0 Å². The average molecular weight is 254 g/mol. The fourth-order valence-corrected chi connectivity index (χ4v) is 1.95. The van der Waals surface area contributed by atoms with Crippen molar-refractivity contribution in [1.29, 1.82) is 0 Å². The maximum absolute atomic E-state index is 11.8. The van der Waals surface area contributed by atoms with Gasteiger partial charge in [0.15, 0.2) is 5.78 Å². The number of ketones is 1. The first-order valence-corrected chi connectivity index (χ1v) is 6.70. The Hall–Kier alpha value is -1.02. The second kappa shape index (κ2) is 7.33. The van der Waals surface area contributed by atoms with Crippen LogP contribution < -0.4 is 4.90 Å². The molecule has 0 unspecified atom stereocenters. The second-order valence-electron chi connectivity index (χ2n) is 3.93. The minimum atomic E-state index is 0.178.